The van der Waals surface area contributed by atoms with Gasteiger partial charge in [0.05, 0.1) is 17.9 Å². The summed E-state index contributed by atoms with van der Waals surface area (Å²) in [5.41, 5.74) is 3.34. The van der Waals surface area contributed by atoms with Crippen molar-refractivity contribution in [2.75, 3.05) is 16.4 Å². The lowest BCUT2D eigenvalue weighted by molar-refractivity contribution is -0.113. The molecule has 0 bridgehead atoms. The lowest BCUT2D eigenvalue weighted by atomic mass is 9.96. The summed E-state index contributed by atoms with van der Waals surface area (Å²) >= 11 is 2.80. The average molecular weight is 519 g/mol. The minimum Gasteiger partial charge on any atom is -0.378 e. The first-order chi connectivity index (χ1) is 17.6. The highest BCUT2D eigenvalue weighted by molar-refractivity contribution is 7.99. The number of nitriles is 1. The minimum atomic E-state index is -0.297. The number of halogens is 1. The third kappa shape index (κ3) is 5.27. The number of rotatable bonds is 8. The van der Waals surface area contributed by atoms with Crippen molar-refractivity contribution in [1.82, 2.24) is 14.8 Å². The highest BCUT2D eigenvalue weighted by atomic mass is 32.2. The van der Waals surface area contributed by atoms with Crippen LogP contribution in [-0.4, -0.2) is 26.4 Å². The average Bonchev–Trinajstić information content (AvgIpc) is 3.48. The van der Waals surface area contributed by atoms with E-state index in [9.17, 15) is 14.4 Å². The van der Waals surface area contributed by atoms with Crippen LogP contribution < -0.4 is 10.6 Å². The summed E-state index contributed by atoms with van der Waals surface area (Å²) in [7, 11) is 0. The zero-order valence-corrected chi connectivity index (χ0v) is 21.0. The fraction of sp³-hybridized carbons (Fsp3) is 0.231. The molecule has 2 aromatic carbocycles. The van der Waals surface area contributed by atoms with E-state index in [4.69, 9.17) is 0 Å². The number of nitrogens with zero attached hydrogens (tertiary/aromatic N) is 4. The standard InChI is InChI=1S/C26H23FN6OS2/c27-17-10-12-18(13-11-17)29-15-23-31-32-26(33(23)19-6-2-1-3-7-19)35-16-24(34)30-25-21(14-28)20-8-4-5-9-22(20)36-25/h1-3,6-7,10-13,29H,4-5,8-9,15-16H2,(H,30,34). The van der Waals surface area contributed by atoms with Gasteiger partial charge in [0.1, 0.15) is 16.9 Å². The Balaban J connectivity index is 1.31. The Morgan fingerprint density at radius 3 is 2.67 bits per heavy atom. The van der Waals surface area contributed by atoms with Gasteiger partial charge in [-0.05, 0) is 67.6 Å². The quantitative estimate of drug-likeness (QED) is 0.297. The fourth-order valence-electron chi connectivity index (χ4n) is 4.16. The van der Waals surface area contributed by atoms with Gasteiger partial charge in [-0.25, -0.2) is 4.39 Å². The molecule has 5 rings (SSSR count). The van der Waals surface area contributed by atoms with Crippen LogP contribution in [0.3, 0.4) is 0 Å². The van der Waals surface area contributed by atoms with E-state index in [0.717, 1.165) is 42.6 Å². The molecule has 0 unspecified atom stereocenters. The number of aromatic nitrogens is 3. The van der Waals surface area contributed by atoms with Crippen LogP contribution in [0.25, 0.3) is 5.69 Å². The molecule has 2 N–H and O–H groups in total. The Hall–Kier alpha value is -3.68. The van der Waals surface area contributed by atoms with E-state index in [-0.39, 0.29) is 17.5 Å². The number of hydrogen-bond donors (Lipinski definition) is 2. The minimum absolute atomic E-state index is 0.129. The van der Waals surface area contributed by atoms with E-state index in [1.54, 1.807) is 12.1 Å². The van der Waals surface area contributed by atoms with Gasteiger partial charge in [0.25, 0.3) is 0 Å². The first kappa shape index (κ1) is 24.0. The van der Waals surface area contributed by atoms with Gasteiger partial charge in [-0.3, -0.25) is 9.36 Å². The number of carbonyl (C=O) groups is 1. The van der Waals surface area contributed by atoms with Gasteiger partial charge in [-0.1, -0.05) is 30.0 Å². The van der Waals surface area contributed by atoms with Crippen LogP contribution in [0.4, 0.5) is 15.1 Å². The lowest BCUT2D eigenvalue weighted by Crippen LogP contribution is -2.15. The number of benzene rings is 2. The number of para-hydroxylation sites is 1. The van der Waals surface area contributed by atoms with Crippen molar-refractivity contribution in [3.8, 4) is 11.8 Å². The monoisotopic (exact) mass is 518 g/mol. The van der Waals surface area contributed by atoms with Crippen molar-refractivity contribution < 1.29 is 9.18 Å². The summed E-state index contributed by atoms with van der Waals surface area (Å²) in [5.74, 6) is 0.300. The highest BCUT2D eigenvalue weighted by Crippen LogP contribution is 2.37. The molecule has 0 radical (unpaired) electrons. The molecule has 0 saturated carbocycles. The zero-order valence-electron chi connectivity index (χ0n) is 19.3. The molecule has 4 aromatic rings. The smallest absolute Gasteiger partial charge is 0.235 e. The zero-order chi connectivity index (χ0) is 24.9. The predicted molar refractivity (Wildman–Crippen MR) is 140 cm³/mol. The third-order valence-corrected chi connectivity index (χ3v) is 8.01. The summed E-state index contributed by atoms with van der Waals surface area (Å²) < 4.78 is 15.1. The van der Waals surface area contributed by atoms with E-state index < -0.39 is 0 Å². The molecule has 1 aliphatic carbocycles. The highest BCUT2D eigenvalue weighted by Gasteiger charge is 2.22. The molecule has 0 fully saturated rings. The number of aryl methyl sites for hydroxylation is 1. The normalized spacial score (nSPS) is 12.6. The topological polar surface area (TPSA) is 95.6 Å². The molecule has 7 nitrogen and oxygen atoms in total. The van der Waals surface area contributed by atoms with Crippen molar-refractivity contribution in [3.05, 3.63) is 82.2 Å². The van der Waals surface area contributed by atoms with Crippen molar-refractivity contribution >= 4 is 39.7 Å². The van der Waals surface area contributed by atoms with E-state index in [1.165, 1.54) is 40.1 Å². The molecular formula is C26H23FN6OS2. The maximum absolute atomic E-state index is 13.2. The molecular weight excluding hydrogens is 495 g/mol. The number of hydrogen-bond acceptors (Lipinski definition) is 7. The summed E-state index contributed by atoms with van der Waals surface area (Å²) in [4.78, 5) is 14.0. The first-order valence-corrected chi connectivity index (χ1v) is 13.4. The Bertz CT molecular complexity index is 1410. The van der Waals surface area contributed by atoms with Crippen LogP contribution in [0.1, 0.15) is 34.7 Å². The molecule has 36 heavy (non-hydrogen) atoms. The summed E-state index contributed by atoms with van der Waals surface area (Å²) in [6.45, 7) is 0.368. The van der Waals surface area contributed by atoms with Crippen molar-refractivity contribution in [2.45, 2.75) is 37.4 Å². The van der Waals surface area contributed by atoms with Gasteiger partial charge < -0.3 is 10.6 Å². The number of thioether (sulfide) groups is 1. The van der Waals surface area contributed by atoms with Crippen LogP contribution in [0, 0.1) is 17.1 Å². The number of anilines is 2. The molecule has 2 aromatic heterocycles. The molecule has 0 aliphatic heterocycles. The van der Waals surface area contributed by atoms with Crippen LogP contribution in [0.5, 0.6) is 0 Å². The summed E-state index contributed by atoms with van der Waals surface area (Å²) in [6, 6.07) is 18.1. The van der Waals surface area contributed by atoms with E-state index >= 15 is 0 Å². The second-order valence-corrected chi connectivity index (χ2v) is 10.3. The maximum Gasteiger partial charge on any atom is 0.235 e. The van der Waals surface area contributed by atoms with Crippen LogP contribution in [0.2, 0.25) is 0 Å². The van der Waals surface area contributed by atoms with Crippen molar-refractivity contribution in [2.24, 2.45) is 0 Å². The third-order valence-electron chi connectivity index (χ3n) is 5.88. The lowest BCUT2D eigenvalue weighted by Gasteiger charge is -2.11. The van der Waals surface area contributed by atoms with Gasteiger partial charge in [-0.2, -0.15) is 5.26 Å². The molecule has 1 amide bonds. The number of amides is 1. The summed E-state index contributed by atoms with van der Waals surface area (Å²) in [5, 5.41) is 25.7. The van der Waals surface area contributed by atoms with E-state index in [2.05, 4.69) is 26.9 Å². The second kappa shape index (κ2) is 10.9. The van der Waals surface area contributed by atoms with Crippen molar-refractivity contribution in [1.29, 1.82) is 5.26 Å². The largest absolute Gasteiger partial charge is 0.378 e. The molecule has 10 heteroatoms. The summed E-state index contributed by atoms with van der Waals surface area (Å²) in [6.07, 6.45) is 4.06. The number of carbonyl (C=O) groups excluding carboxylic acids is 1. The van der Waals surface area contributed by atoms with Gasteiger partial charge >= 0.3 is 0 Å². The van der Waals surface area contributed by atoms with Gasteiger partial charge in [0, 0.05) is 16.3 Å². The predicted octanol–water partition coefficient (Wildman–Crippen LogP) is 5.56. The number of fused-ring (bicyclic) bond motifs is 1. The second-order valence-electron chi connectivity index (χ2n) is 8.29. The molecule has 0 saturated heterocycles. The van der Waals surface area contributed by atoms with Crippen molar-refractivity contribution in [3.63, 3.8) is 0 Å². The van der Waals surface area contributed by atoms with Gasteiger partial charge in [-0.15, -0.1) is 21.5 Å². The molecule has 0 spiro atoms. The fourth-order valence-corrected chi connectivity index (χ4v) is 6.19. The Morgan fingerprint density at radius 1 is 1.11 bits per heavy atom. The van der Waals surface area contributed by atoms with Crippen LogP contribution in [0.15, 0.2) is 59.8 Å². The van der Waals surface area contributed by atoms with Crippen LogP contribution >= 0.6 is 23.1 Å². The number of nitrogens with one attached hydrogen (secondary N) is 2. The van der Waals surface area contributed by atoms with E-state index in [1.807, 2.05) is 34.9 Å². The first-order valence-electron chi connectivity index (χ1n) is 11.6. The molecule has 1 aliphatic rings. The number of thiophene rings is 1. The Labute approximate surface area is 216 Å². The van der Waals surface area contributed by atoms with E-state index in [0.29, 0.717) is 28.1 Å². The van der Waals surface area contributed by atoms with Gasteiger partial charge in [0.2, 0.25) is 5.91 Å². The molecule has 0 atom stereocenters. The SMILES string of the molecule is N#Cc1c(NC(=O)CSc2nnc(CNc3ccc(F)cc3)n2-c2ccccc2)sc2c1CCCC2. The molecule has 182 valence electrons. The van der Waals surface area contributed by atoms with Crippen LogP contribution in [-0.2, 0) is 24.2 Å². The van der Waals surface area contributed by atoms with Gasteiger partial charge in [0.15, 0.2) is 11.0 Å². The maximum atomic E-state index is 13.2. The Morgan fingerprint density at radius 2 is 1.89 bits per heavy atom. The Kier molecular flexibility index (Phi) is 7.30. The molecule has 2 heterocycles.